The van der Waals surface area contributed by atoms with Crippen molar-refractivity contribution in [1.29, 1.82) is 0 Å². The second kappa shape index (κ2) is 6.97. The highest BCUT2D eigenvalue weighted by Gasteiger charge is 2.48. The molecule has 2 aliphatic heterocycles. The Kier molecular flexibility index (Phi) is 4.53. The number of nitrogens with one attached hydrogen (secondary N) is 2. The molecule has 138 valence electrons. The molecule has 3 unspecified atom stereocenters. The fourth-order valence-corrected chi connectivity index (χ4v) is 4.31. The molecule has 0 spiro atoms. The van der Waals surface area contributed by atoms with Gasteiger partial charge in [-0.05, 0) is 37.0 Å². The first-order chi connectivity index (χ1) is 12.7. The third-order valence-corrected chi connectivity index (χ3v) is 5.61. The molecule has 1 saturated carbocycles. The van der Waals surface area contributed by atoms with Gasteiger partial charge >= 0.3 is 0 Å². The van der Waals surface area contributed by atoms with Crippen LogP contribution in [0.5, 0.6) is 0 Å². The van der Waals surface area contributed by atoms with Crippen LogP contribution < -0.4 is 10.7 Å². The van der Waals surface area contributed by atoms with Crippen LogP contribution in [0.3, 0.4) is 0 Å². The third kappa shape index (κ3) is 3.02. The van der Waals surface area contributed by atoms with E-state index in [0.29, 0.717) is 0 Å². The number of amides is 2. The number of hydrogen-bond acceptors (Lipinski definition) is 5. The highest BCUT2D eigenvalue weighted by molar-refractivity contribution is 5.96. The van der Waals surface area contributed by atoms with Crippen LogP contribution in [0.2, 0.25) is 0 Å². The van der Waals surface area contributed by atoms with E-state index in [1.165, 1.54) is 5.56 Å². The summed E-state index contributed by atoms with van der Waals surface area (Å²) in [5, 5.41) is 7.01. The summed E-state index contributed by atoms with van der Waals surface area (Å²) < 4.78 is 0. The van der Waals surface area contributed by atoms with E-state index in [0.717, 1.165) is 37.8 Å². The Balaban J connectivity index is 1.48. The van der Waals surface area contributed by atoms with Gasteiger partial charge in [0.1, 0.15) is 12.9 Å². The van der Waals surface area contributed by atoms with Gasteiger partial charge in [-0.3, -0.25) is 15.0 Å². The molecular weight excluding hydrogens is 330 g/mol. The smallest absolute Gasteiger partial charge is 0.268 e. The van der Waals surface area contributed by atoms with Crippen LogP contribution in [-0.4, -0.2) is 52.7 Å². The van der Waals surface area contributed by atoms with Crippen LogP contribution in [0.4, 0.5) is 5.69 Å². The molecule has 2 heterocycles. The Labute approximate surface area is 153 Å². The molecule has 1 saturated heterocycles. The number of fused-ring (bicyclic) bond motifs is 3. The first-order valence-corrected chi connectivity index (χ1v) is 9.43. The zero-order valence-corrected chi connectivity index (χ0v) is 15.0. The molecule has 1 aromatic carbocycles. The van der Waals surface area contributed by atoms with Gasteiger partial charge in [0.15, 0.2) is 6.17 Å². The number of carbonyl (C=O) groups is 2. The minimum Gasteiger partial charge on any atom is -0.327 e. The maximum absolute atomic E-state index is 12.9. The van der Waals surface area contributed by atoms with Crippen molar-refractivity contribution in [1.82, 2.24) is 15.2 Å². The largest absolute Gasteiger partial charge is 0.327 e. The van der Waals surface area contributed by atoms with Crippen LogP contribution in [0, 0.1) is 0 Å². The van der Waals surface area contributed by atoms with Crippen LogP contribution in [-0.2, 0) is 16.0 Å². The number of hydrogen-bond donors (Lipinski definition) is 2. The van der Waals surface area contributed by atoms with Crippen LogP contribution in [0.25, 0.3) is 0 Å². The van der Waals surface area contributed by atoms with Crippen molar-refractivity contribution in [3.63, 3.8) is 0 Å². The fraction of sp³-hybridized carbons (Fsp3) is 0.526. The number of carbonyl (C=O) groups excluding carboxylic acids is 2. The normalized spacial score (nSPS) is 27.0. The summed E-state index contributed by atoms with van der Waals surface area (Å²) in [6, 6.07) is 8.15. The molecule has 7 nitrogen and oxygen atoms in total. The monoisotopic (exact) mass is 355 g/mol. The maximum atomic E-state index is 12.9. The van der Waals surface area contributed by atoms with Crippen molar-refractivity contribution < 1.29 is 9.59 Å². The molecule has 3 atom stereocenters. The van der Waals surface area contributed by atoms with Gasteiger partial charge in [-0.15, -0.1) is 0 Å². The molecule has 0 aromatic heterocycles. The van der Waals surface area contributed by atoms with Crippen molar-refractivity contribution >= 4 is 23.8 Å². The summed E-state index contributed by atoms with van der Waals surface area (Å²) >= 11 is 0. The minimum absolute atomic E-state index is 0.0666. The number of piperazine rings is 1. The van der Waals surface area contributed by atoms with Crippen molar-refractivity contribution in [3.8, 4) is 0 Å². The second-order valence-corrected chi connectivity index (χ2v) is 7.21. The van der Waals surface area contributed by atoms with Crippen molar-refractivity contribution in [2.75, 3.05) is 11.9 Å². The zero-order chi connectivity index (χ0) is 18.1. The Bertz CT molecular complexity index is 734. The predicted molar refractivity (Wildman–Crippen MR) is 99.5 cm³/mol. The van der Waals surface area contributed by atoms with Gasteiger partial charge in [-0.2, -0.15) is 5.10 Å². The Morgan fingerprint density at radius 2 is 2.12 bits per heavy atom. The summed E-state index contributed by atoms with van der Waals surface area (Å²) in [5.74, 6) is -0.216. The molecule has 2 amide bonds. The molecule has 0 bridgehead atoms. The summed E-state index contributed by atoms with van der Waals surface area (Å²) in [5.41, 5.74) is 4.84. The number of anilines is 1. The van der Waals surface area contributed by atoms with Gasteiger partial charge in [0.2, 0.25) is 5.91 Å². The van der Waals surface area contributed by atoms with Gasteiger partial charge in [-0.25, -0.2) is 0 Å². The number of aryl methyl sites for hydroxylation is 1. The van der Waals surface area contributed by atoms with E-state index < -0.39 is 6.17 Å². The van der Waals surface area contributed by atoms with E-state index >= 15 is 0 Å². The Morgan fingerprint density at radius 1 is 1.31 bits per heavy atom. The lowest BCUT2D eigenvalue weighted by atomic mass is 9.85. The second-order valence-electron chi connectivity index (χ2n) is 7.21. The fourth-order valence-electron chi connectivity index (χ4n) is 4.31. The highest BCUT2D eigenvalue weighted by atomic mass is 16.2. The van der Waals surface area contributed by atoms with Gasteiger partial charge in [0.25, 0.3) is 5.91 Å². The maximum Gasteiger partial charge on any atom is 0.268 e. The number of benzene rings is 1. The van der Waals surface area contributed by atoms with Crippen LogP contribution in [0.15, 0.2) is 29.4 Å². The van der Waals surface area contributed by atoms with Gasteiger partial charge in [0.05, 0.1) is 12.1 Å². The molecule has 7 heteroatoms. The van der Waals surface area contributed by atoms with Gasteiger partial charge in [-0.1, -0.05) is 31.9 Å². The van der Waals surface area contributed by atoms with Crippen LogP contribution in [0.1, 0.15) is 38.2 Å². The summed E-state index contributed by atoms with van der Waals surface area (Å²) in [6.07, 6.45) is 6.39. The average Bonchev–Trinajstić information content (AvgIpc) is 3.15. The summed E-state index contributed by atoms with van der Waals surface area (Å²) in [4.78, 5) is 29.3. The van der Waals surface area contributed by atoms with E-state index in [4.69, 9.17) is 0 Å². The SMILES string of the molecule is CCc1cccc(NC(=O)CN2C(=O)C3NN=CN3C3CCCCC32)c1. The zero-order valence-electron chi connectivity index (χ0n) is 15.0. The van der Waals surface area contributed by atoms with E-state index in [2.05, 4.69) is 22.8 Å². The first kappa shape index (κ1) is 16.9. The van der Waals surface area contributed by atoms with Crippen molar-refractivity contribution in [2.24, 2.45) is 5.10 Å². The molecule has 0 radical (unpaired) electrons. The summed E-state index contributed by atoms with van der Waals surface area (Å²) in [7, 11) is 0. The standard InChI is InChI=1S/C19H25N5O2/c1-2-13-6-5-7-14(10-13)21-17(25)11-23-15-8-3-4-9-16(15)24-12-20-22-18(24)19(23)26/h5-7,10,12,15-16,18,22H,2-4,8-9,11H2,1H3,(H,21,25). The molecule has 3 aliphatic rings. The van der Waals surface area contributed by atoms with Crippen molar-refractivity contribution in [3.05, 3.63) is 29.8 Å². The Morgan fingerprint density at radius 3 is 2.92 bits per heavy atom. The van der Waals surface area contributed by atoms with E-state index in [1.54, 1.807) is 11.2 Å². The third-order valence-electron chi connectivity index (χ3n) is 5.61. The van der Waals surface area contributed by atoms with Crippen molar-refractivity contribution in [2.45, 2.75) is 57.3 Å². The molecule has 4 rings (SSSR count). The lowest BCUT2D eigenvalue weighted by Crippen LogP contribution is -2.68. The van der Waals surface area contributed by atoms with E-state index in [9.17, 15) is 9.59 Å². The first-order valence-electron chi connectivity index (χ1n) is 9.43. The summed E-state index contributed by atoms with van der Waals surface area (Å²) in [6.45, 7) is 2.17. The molecule has 26 heavy (non-hydrogen) atoms. The number of rotatable bonds is 4. The number of nitrogens with zero attached hydrogens (tertiary/aromatic N) is 3. The topological polar surface area (TPSA) is 77.0 Å². The lowest BCUT2D eigenvalue weighted by Gasteiger charge is -2.50. The Hall–Kier alpha value is -2.57. The minimum atomic E-state index is -0.467. The molecule has 1 aliphatic carbocycles. The van der Waals surface area contributed by atoms with E-state index in [-0.39, 0.29) is 30.4 Å². The quantitative estimate of drug-likeness (QED) is 0.858. The van der Waals surface area contributed by atoms with Gasteiger partial charge < -0.3 is 15.1 Å². The number of hydrazone groups is 1. The predicted octanol–water partition coefficient (Wildman–Crippen LogP) is 1.52. The lowest BCUT2D eigenvalue weighted by molar-refractivity contribution is -0.151. The average molecular weight is 355 g/mol. The van der Waals surface area contributed by atoms with Crippen LogP contribution >= 0.6 is 0 Å². The molecule has 1 aromatic rings. The van der Waals surface area contributed by atoms with E-state index in [1.807, 2.05) is 29.2 Å². The molecule has 2 N–H and O–H groups in total. The van der Waals surface area contributed by atoms with Gasteiger partial charge in [0, 0.05) is 5.69 Å². The molecular formula is C19H25N5O2. The highest BCUT2D eigenvalue weighted by Crippen LogP contribution is 2.33. The molecule has 2 fully saturated rings.